The first kappa shape index (κ1) is 15.0. The highest BCUT2D eigenvalue weighted by Gasteiger charge is 2.27. The maximum atomic E-state index is 12.3. The molecule has 0 aliphatic rings. The summed E-state index contributed by atoms with van der Waals surface area (Å²) in [6.45, 7) is 4.01. The number of rotatable bonds is 6. The molecule has 0 bridgehead atoms. The molecule has 1 unspecified atom stereocenters. The largest absolute Gasteiger partial charge is 0.493 e. The molecule has 5 nitrogen and oxygen atoms in total. The molecule has 19 heavy (non-hydrogen) atoms. The molecule has 0 radical (unpaired) electrons. The summed E-state index contributed by atoms with van der Waals surface area (Å²) in [6.07, 6.45) is 0.356. The van der Waals surface area contributed by atoms with Crippen LogP contribution in [0.15, 0.2) is 24.3 Å². The standard InChI is InChI=1S/C14H19NO4/c1-4-11(14(17)18)15(3)13(16)10-8-6-7-9-12(10)19-5-2/h6-9,11H,4-5H2,1-3H3,(H,17,18). The number of nitrogens with zero attached hydrogens (tertiary/aromatic N) is 1. The fourth-order valence-electron chi connectivity index (χ4n) is 1.87. The van der Waals surface area contributed by atoms with Gasteiger partial charge in [-0.2, -0.15) is 0 Å². The molecule has 1 aromatic rings. The summed E-state index contributed by atoms with van der Waals surface area (Å²) in [4.78, 5) is 24.7. The van der Waals surface area contributed by atoms with E-state index in [1.54, 1.807) is 31.2 Å². The number of benzene rings is 1. The Morgan fingerprint density at radius 3 is 2.47 bits per heavy atom. The fraction of sp³-hybridized carbons (Fsp3) is 0.429. The first-order chi connectivity index (χ1) is 9.02. The highest BCUT2D eigenvalue weighted by Crippen LogP contribution is 2.20. The van der Waals surface area contributed by atoms with Crippen LogP contribution in [-0.2, 0) is 4.79 Å². The number of hydrogen-bond donors (Lipinski definition) is 1. The Hall–Kier alpha value is -2.04. The average Bonchev–Trinajstić information content (AvgIpc) is 2.39. The Morgan fingerprint density at radius 2 is 1.95 bits per heavy atom. The summed E-state index contributed by atoms with van der Waals surface area (Å²) < 4.78 is 5.39. The molecule has 5 heteroatoms. The zero-order valence-electron chi connectivity index (χ0n) is 11.4. The zero-order chi connectivity index (χ0) is 14.4. The minimum absolute atomic E-state index is 0.349. The van der Waals surface area contributed by atoms with Crippen molar-refractivity contribution < 1.29 is 19.4 Å². The topological polar surface area (TPSA) is 66.8 Å². The third-order valence-corrected chi connectivity index (χ3v) is 2.88. The van der Waals surface area contributed by atoms with Crippen molar-refractivity contribution in [1.29, 1.82) is 0 Å². The number of carboxylic acid groups (broad SMARTS) is 1. The van der Waals surface area contributed by atoms with E-state index in [2.05, 4.69) is 0 Å². The van der Waals surface area contributed by atoms with Crippen LogP contribution in [0.25, 0.3) is 0 Å². The molecule has 1 N–H and O–H groups in total. The van der Waals surface area contributed by atoms with Gasteiger partial charge in [-0.25, -0.2) is 4.79 Å². The number of carboxylic acids is 1. The van der Waals surface area contributed by atoms with E-state index in [1.807, 2.05) is 6.92 Å². The quantitative estimate of drug-likeness (QED) is 0.854. The molecule has 0 fully saturated rings. The summed E-state index contributed by atoms with van der Waals surface area (Å²) in [7, 11) is 1.49. The van der Waals surface area contributed by atoms with Gasteiger partial charge in [-0.05, 0) is 25.5 Å². The molecule has 1 atom stereocenters. The average molecular weight is 265 g/mol. The van der Waals surface area contributed by atoms with E-state index in [9.17, 15) is 9.59 Å². The van der Waals surface area contributed by atoms with Crippen molar-refractivity contribution in [1.82, 2.24) is 4.90 Å². The van der Waals surface area contributed by atoms with Crippen LogP contribution in [0.5, 0.6) is 5.75 Å². The number of amides is 1. The maximum absolute atomic E-state index is 12.3. The van der Waals surface area contributed by atoms with Crippen molar-refractivity contribution in [2.45, 2.75) is 26.3 Å². The van der Waals surface area contributed by atoms with E-state index >= 15 is 0 Å². The van der Waals surface area contributed by atoms with Crippen LogP contribution < -0.4 is 4.74 Å². The first-order valence-corrected chi connectivity index (χ1v) is 6.24. The van der Waals surface area contributed by atoms with Gasteiger partial charge >= 0.3 is 5.97 Å². The zero-order valence-corrected chi connectivity index (χ0v) is 11.4. The Bertz CT molecular complexity index is 459. The number of ether oxygens (including phenoxy) is 1. The van der Waals surface area contributed by atoms with Gasteiger partial charge in [-0.1, -0.05) is 19.1 Å². The van der Waals surface area contributed by atoms with Gasteiger partial charge in [0.05, 0.1) is 12.2 Å². The van der Waals surface area contributed by atoms with Gasteiger partial charge in [0.15, 0.2) is 0 Å². The molecular weight excluding hydrogens is 246 g/mol. The molecule has 0 saturated heterocycles. The lowest BCUT2D eigenvalue weighted by atomic mass is 10.1. The number of hydrogen-bond acceptors (Lipinski definition) is 3. The number of para-hydroxylation sites is 1. The van der Waals surface area contributed by atoms with E-state index in [0.29, 0.717) is 24.3 Å². The van der Waals surface area contributed by atoms with E-state index < -0.39 is 12.0 Å². The summed E-state index contributed by atoms with van der Waals surface area (Å²) in [5, 5.41) is 9.09. The van der Waals surface area contributed by atoms with Crippen molar-refractivity contribution in [3.63, 3.8) is 0 Å². The maximum Gasteiger partial charge on any atom is 0.326 e. The number of likely N-dealkylation sites (N-methyl/N-ethyl adjacent to an activating group) is 1. The van der Waals surface area contributed by atoms with E-state index in [4.69, 9.17) is 9.84 Å². The highest BCUT2D eigenvalue weighted by atomic mass is 16.5. The van der Waals surface area contributed by atoms with Gasteiger partial charge in [0, 0.05) is 7.05 Å². The molecule has 1 aromatic carbocycles. The summed E-state index contributed by atoms with van der Waals surface area (Å²) >= 11 is 0. The Balaban J connectivity index is 3.02. The van der Waals surface area contributed by atoms with Crippen LogP contribution >= 0.6 is 0 Å². The number of carbonyl (C=O) groups excluding carboxylic acids is 1. The van der Waals surface area contributed by atoms with Gasteiger partial charge in [0.25, 0.3) is 5.91 Å². The third kappa shape index (κ3) is 3.47. The monoisotopic (exact) mass is 265 g/mol. The second-order valence-corrected chi connectivity index (χ2v) is 4.11. The van der Waals surface area contributed by atoms with Gasteiger partial charge in [-0.15, -0.1) is 0 Å². The summed E-state index contributed by atoms with van der Waals surface area (Å²) in [6, 6.07) is 6.01. The minimum atomic E-state index is -1.01. The Kier molecular flexibility index (Phi) is 5.36. The minimum Gasteiger partial charge on any atom is -0.493 e. The van der Waals surface area contributed by atoms with Crippen LogP contribution in [0.4, 0.5) is 0 Å². The molecular formula is C14H19NO4. The summed E-state index contributed by atoms with van der Waals surface area (Å²) in [5.41, 5.74) is 0.381. The van der Waals surface area contributed by atoms with Gasteiger partial charge in [0.2, 0.25) is 0 Å². The predicted molar refractivity (Wildman–Crippen MR) is 71.4 cm³/mol. The fourth-order valence-corrected chi connectivity index (χ4v) is 1.87. The third-order valence-electron chi connectivity index (χ3n) is 2.88. The molecule has 1 amide bonds. The molecule has 0 aliphatic heterocycles. The SMILES string of the molecule is CCOc1ccccc1C(=O)N(C)C(CC)C(=O)O. The highest BCUT2D eigenvalue weighted by molar-refractivity contribution is 5.98. The molecule has 0 spiro atoms. The van der Waals surface area contributed by atoms with E-state index in [1.165, 1.54) is 11.9 Å². The smallest absolute Gasteiger partial charge is 0.326 e. The molecule has 0 aliphatic carbocycles. The summed E-state index contributed by atoms with van der Waals surface area (Å²) in [5.74, 6) is -0.882. The van der Waals surface area contributed by atoms with Gasteiger partial charge in [0.1, 0.15) is 11.8 Å². The van der Waals surface area contributed by atoms with Crippen LogP contribution in [0.1, 0.15) is 30.6 Å². The van der Waals surface area contributed by atoms with E-state index in [-0.39, 0.29) is 5.91 Å². The van der Waals surface area contributed by atoms with Crippen molar-refractivity contribution in [3.8, 4) is 5.75 Å². The van der Waals surface area contributed by atoms with Gasteiger partial charge < -0.3 is 14.7 Å². The van der Waals surface area contributed by atoms with Crippen molar-refractivity contribution in [3.05, 3.63) is 29.8 Å². The van der Waals surface area contributed by atoms with Gasteiger partial charge in [-0.3, -0.25) is 4.79 Å². The first-order valence-electron chi connectivity index (χ1n) is 6.24. The van der Waals surface area contributed by atoms with Crippen molar-refractivity contribution in [2.75, 3.05) is 13.7 Å². The second kappa shape index (κ2) is 6.78. The normalized spacial score (nSPS) is 11.7. The Morgan fingerprint density at radius 1 is 1.32 bits per heavy atom. The number of carbonyl (C=O) groups is 2. The van der Waals surface area contributed by atoms with Crippen LogP contribution in [0, 0.1) is 0 Å². The lowest BCUT2D eigenvalue weighted by Crippen LogP contribution is -2.42. The molecule has 0 aromatic heterocycles. The molecule has 0 saturated carbocycles. The lowest BCUT2D eigenvalue weighted by Gasteiger charge is -2.24. The van der Waals surface area contributed by atoms with Crippen molar-refractivity contribution >= 4 is 11.9 Å². The lowest BCUT2D eigenvalue weighted by molar-refractivity contribution is -0.142. The van der Waals surface area contributed by atoms with Crippen LogP contribution in [0.3, 0.4) is 0 Å². The molecule has 0 heterocycles. The molecule has 104 valence electrons. The predicted octanol–water partition coefficient (Wildman–Crippen LogP) is 2.02. The van der Waals surface area contributed by atoms with E-state index in [0.717, 1.165) is 0 Å². The van der Waals surface area contributed by atoms with Crippen molar-refractivity contribution in [2.24, 2.45) is 0 Å². The molecule has 1 rings (SSSR count). The second-order valence-electron chi connectivity index (χ2n) is 4.11. The number of aliphatic carboxylic acids is 1. The Labute approximate surface area is 112 Å². The van der Waals surface area contributed by atoms with Crippen LogP contribution in [-0.4, -0.2) is 41.6 Å². The van der Waals surface area contributed by atoms with Crippen LogP contribution in [0.2, 0.25) is 0 Å².